The smallest absolute Gasteiger partial charge is 0.348 e. The van der Waals surface area contributed by atoms with Crippen LogP contribution in [0.25, 0.3) is 11.4 Å². The maximum absolute atomic E-state index is 12.6. The fourth-order valence-electron chi connectivity index (χ4n) is 1.84. The molecule has 0 N–H and O–H groups in total. The average Bonchev–Trinajstić information content (AvgIpc) is 3.09. The highest BCUT2D eigenvalue weighted by Crippen LogP contribution is 2.44. The lowest BCUT2D eigenvalue weighted by molar-refractivity contribution is 0.0105. The van der Waals surface area contributed by atoms with E-state index in [0.29, 0.717) is 11.4 Å². The van der Waals surface area contributed by atoms with Crippen LogP contribution in [0.5, 0.6) is 0 Å². The number of halogens is 2. The van der Waals surface area contributed by atoms with Gasteiger partial charge < -0.3 is 4.74 Å². The molecular formula is C13H12F2N4O2. The number of hydrogen-bond donors (Lipinski definition) is 0. The monoisotopic (exact) mass is 294 g/mol. The van der Waals surface area contributed by atoms with E-state index >= 15 is 0 Å². The molecule has 0 aliphatic heterocycles. The molecule has 3 rings (SSSR count). The van der Waals surface area contributed by atoms with Crippen molar-refractivity contribution in [2.45, 2.75) is 25.0 Å². The molecule has 0 radical (unpaired) electrons. The van der Waals surface area contributed by atoms with E-state index in [2.05, 4.69) is 15.0 Å². The Morgan fingerprint density at radius 3 is 2.81 bits per heavy atom. The minimum Gasteiger partial charge on any atom is -0.370 e. The molecule has 1 fully saturated rings. The quantitative estimate of drug-likeness (QED) is 0.826. The van der Waals surface area contributed by atoms with Crippen molar-refractivity contribution in [3.63, 3.8) is 0 Å². The Bertz CT molecular complexity index is 690. The second kappa shape index (κ2) is 5.28. The van der Waals surface area contributed by atoms with Crippen molar-refractivity contribution < 1.29 is 13.5 Å². The molecule has 1 aliphatic rings. The van der Waals surface area contributed by atoms with Gasteiger partial charge in [0.15, 0.2) is 0 Å². The number of alkyl halides is 2. The van der Waals surface area contributed by atoms with Crippen LogP contribution in [0, 0.1) is 0 Å². The van der Waals surface area contributed by atoms with Crippen LogP contribution in [0.3, 0.4) is 0 Å². The number of rotatable bonds is 5. The van der Waals surface area contributed by atoms with Crippen LogP contribution in [0.4, 0.5) is 8.78 Å². The molecule has 1 unspecified atom stereocenters. The highest BCUT2D eigenvalue weighted by molar-refractivity contribution is 5.50. The fraction of sp³-hybridized carbons (Fsp3) is 0.385. The first-order valence-electron chi connectivity index (χ1n) is 6.39. The third-order valence-electron chi connectivity index (χ3n) is 3.12. The minimum atomic E-state index is -2.71. The number of ether oxygens (including phenoxy) is 1. The molecule has 21 heavy (non-hydrogen) atoms. The van der Waals surface area contributed by atoms with Crippen LogP contribution in [0.2, 0.25) is 0 Å². The van der Waals surface area contributed by atoms with E-state index < -0.39 is 17.7 Å². The van der Waals surface area contributed by atoms with Crippen LogP contribution in [0.15, 0.2) is 35.6 Å². The number of aromatic nitrogens is 4. The van der Waals surface area contributed by atoms with Crippen LogP contribution >= 0.6 is 0 Å². The lowest BCUT2D eigenvalue weighted by Crippen LogP contribution is -2.25. The van der Waals surface area contributed by atoms with Crippen LogP contribution in [-0.4, -0.2) is 38.2 Å². The third-order valence-corrected chi connectivity index (χ3v) is 3.12. The molecule has 2 heterocycles. The second-order valence-electron chi connectivity index (χ2n) is 4.70. The van der Waals surface area contributed by atoms with Gasteiger partial charge in [-0.3, -0.25) is 14.5 Å². The zero-order valence-electron chi connectivity index (χ0n) is 10.9. The van der Waals surface area contributed by atoms with Gasteiger partial charge in [0.2, 0.25) is 0 Å². The van der Waals surface area contributed by atoms with E-state index in [-0.39, 0.29) is 19.6 Å². The maximum atomic E-state index is 12.6. The Balaban J connectivity index is 1.64. The van der Waals surface area contributed by atoms with Crippen LogP contribution < -0.4 is 5.69 Å². The Morgan fingerprint density at radius 2 is 2.19 bits per heavy atom. The first-order chi connectivity index (χ1) is 10.1. The van der Waals surface area contributed by atoms with Gasteiger partial charge in [0.25, 0.3) is 5.92 Å². The van der Waals surface area contributed by atoms with Gasteiger partial charge in [-0.1, -0.05) is 0 Å². The normalized spacial score (nSPS) is 19.4. The molecular weight excluding hydrogens is 282 g/mol. The summed E-state index contributed by atoms with van der Waals surface area (Å²) in [5.41, 5.74) is 0.430. The molecule has 0 amide bonds. The number of nitrogens with zero attached hydrogens (tertiary/aromatic N) is 4. The van der Waals surface area contributed by atoms with E-state index in [1.165, 1.54) is 29.4 Å². The van der Waals surface area contributed by atoms with Gasteiger partial charge in [-0.25, -0.2) is 13.6 Å². The van der Waals surface area contributed by atoms with Crippen molar-refractivity contribution in [2.24, 2.45) is 0 Å². The molecule has 2 aromatic heterocycles. The van der Waals surface area contributed by atoms with Crippen molar-refractivity contribution in [3.05, 3.63) is 41.3 Å². The Kier molecular flexibility index (Phi) is 3.46. The highest BCUT2D eigenvalue weighted by Gasteiger charge is 2.58. The summed E-state index contributed by atoms with van der Waals surface area (Å²) in [6.45, 7) is 0.228. The molecule has 1 atom stereocenters. The topological polar surface area (TPSA) is 69.9 Å². The molecule has 110 valence electrons. The summed E-state index contributed by atoms with van der Waals surface area (Å²) in [6, 6.07) is 1.62. The maximum Gasteiger partial charge on any atom is 0.348 e. The van der Waals surface area contributed by atoms with Crippen LogP contribution in [-0.2, 0) is 11.3 Å². The van der Waals surface area contributed by atoms with Crippen molar-refractivity contribution in [2.75, 3.05) is 6.61 Å². The summed E-state index contributed by atoms with van der Waals surface area (Å²) in [4.78, 5) is 23.7. The summed E-state index contributed by atoms with van der Waals surface area (Å²) >= 11 is 0. The number of hydrogen-bond acceptors (Lipinski definition) is 5. The predicted octanol–water partition coefficient (Wildman–Crippen LogP) is 1.12. The molecule has 0 saturated heterocycles. The van der Waals surface area contributed by atoms with Gasteiger partial charge in [0.05, 0.1) is 25.0 Å². The lowest BCUT2D eigenvalue weighted by Gasteiger charge is -2.06. The Hall–Kier alpha value is -2.22. The van der Waals surface area contributed by atoms with Gasteiger partial charge in [0.1, 0.15) is 11.8 Å². The molecule has 1 aliphatic carbocycles. The zero-order chi connectivity index (χ0) is 14.9. The SMILES string of the molecule is O=c1nc(-c2cnccn2)ccn1CCOC1CC1(F)F. The zero-order valence-corrected chi connectivity index (χ0v) is 10.9. The van der Waals surface area contributed by atoms with Crippen molar-refractivity contribution >= 4 is 0 Å². The van der Waals surface area contributed by atoms with Gasteiger partial charge in [0, 0.05) is 25.0 Å². The van der Waals surface area contributed by atoms with Gasteiger partial charge in [-0.05, 0) is 6.07 Å². The molecule has 0 spiro atoms. The van der Waals surface area contributed by atoms with E-state index in [1.807, 2.05) is 0 Å². The summed E-state index contributed by atoms with van der Waals surface area (Å²) in [5.74, 6) is -2.71. The van der Waals surface area contributed by atoms with Crippen molar-refractivity contribution in [1.29, 1.82) is 0 Å². The standard InChI is InChI=1S/C13H12F2N4O2/c14-13(15)7-11(13)21-6-5-19-4-1-9(18-12(19)20)10-8-16-2-3-17-10/h1-4,8,11H,5-7H2. The molecule has 6 nitrogen and oxygen atoms in total. The first-order valence-corrected chi connectivity index (χ1v) is 6.39. The average molecular weight is 294 g/mol. The van der Waals surface area contributed by atoms with Crippen molar-refractivity contribution in [1.82, 2.24) is 19.5 Å². The summed E-state index contributed by atoms with van der Waals surface area (Å²) in [6.07, 6.45) is 4.81. The molecule has 2 aromatic rings. The highest BCUT2D eigenvalue weighted by atomic mass is 19.3. The van der Waals surface area contributed by atoms with Crippen LogP contribution in [0.1, 0.15) is 6.42 Å². The lowest BCUT2D eigenvalue weighted by atomic mass is 10.3. The molecule has 0 bridgehead atoms. The Labute approximate surface area is 118 Å². The largest absolute Gasteiger partial charge is 0.370 e. The molecule has 8 heteroatoms. The van der Waals surface area contributed by atoms with E-state index in [0.717, 1.165) is 0 Å². The summed E-state index contributed by atoms with van der Waals surface area (Å²) in [7, 11) is 0. The van der Waals surface area contributed by atoms with Gasteiger partial charge in [-0.15, -0.1) is 0 Å². The van der Waals surface area contributed by atoms with Crippen molar-refractivity contribution in [3.8, 4) is 11.4 Å². The van der Waals surface area contributed by atoms with E-state index in [1.54, 1.807) is 6.07 Å². The van der Waals surface area contributed by atoms with E-state index in [4.69, 9.17) is 4.74 Å². The second-order valence-corrected chi connectivity index (χ2v) is 4.70. The fourth-order valence-corrected chi connectivity index (χ4v) is 1.84. The predicted molar refractivity (Wildman–Crippen MR) is 68.8 cm³/mol. The van der Waals surface area contributed by atoms with E-state index in [9.17, 15) is 13.6 Å². The third kappa shape index (κ3) is 3.10. The summed E-state index contributed by atoms with van der Waals surface area (Å²) < 4.78 is 31.5. The molecule has 0 aromatic carbocycles. The Morgan fingerprint density at radius 1 is 1.38 bits per heavy atom. The molecule has 1 saturated carbocycles. The van der Waals surface area contributed by atoms with Gasteiger partial charge in [-0.2, -0.15) is 4.98 Å². The minimum absolute atomic E-state index is 0.0479. The first kappa shape index (κ1) is 13.7. The summed E-state index contributed by atoms with van der Waals surface area (Å²) in [5, 5.41) is 0. The van der Waals surface area contributed by atoms with Gasteiger partial charge >= 0.3 is 5.69 Å².